The summed E-state index contributed by atoms with van der Waals surface area (Å²) in [4.78, 5) is 27.0. The molecule has 0 atom stereocenters. The van der Waals surface area contributed by atoms with E-state index < -0.39 is 4.92 Å². The molecule has 3 aromatic rings. The summed E-state index contributed by atoms with van der Waals surface area (Å²) in [5.74, 6) is 0.0756. The molecule has 1 aromatic carbocycles. The Morgan fingerprint density at radius 3 is 2.83 bits per heavy atom. The Kier molecular flexibility index (Phi) is 4.09. The van der Waals surface area contributed by atoms with Crippen molar-refractivity contribution in [1.29, 1.82) is 0 Å². The number of amides is 1. The molecular weight excluding hydrogens is 332 g/mol. The molecule has 3 rings (SSSR count). The molecule has 0 saturated carbocycles. The van der Waals surface area contributed by atoms with Crippen LogP contribution in [0.5, 0.6) is 0 Å². The molecule has 2 aromatic heterocycles. The molecule has 1 amide bonds. The number of hydrogen-bond acceptors (Lipinski definition) is 7. The fraction of sp³-hybridized carbons (Fsp3) is 0.133. The third kappa shape index (κ3) is 3.01. The van der Waals surface area contributed by atoms with Crippen molar-refractivity contribution in [2.75, 3.05) is 5.32 Å². The van der Waals surface area contributed by atoms with Gasteiger partial charge < -0.3 is 4.52 Å². The fourth-order valence-electron chi connectivity index (χ4n) is 2.21. The number of thiazole rings is 1. The van der Waals surface area contributed by atoms with Crippen molar-refractivity contribution in [2.45, 2.75) is 13.8 Å². The topological polar surface area (TPSA) is 111 Å². The number of nitrogens with one attached hydrogen (secondary N) is 1. The van der Waals surface area contributed by atoms with Gasteiger partial charge in [0.25, 0.3) is 11.6 Å². The fourth-order valence-corrected chi connectivity index (χ4v) is 2.92. The van der Waals surface area contributed by atoms with Crippen LogP contribution in [0.15, 0.2) is 34.2 Å². The maximum atomic E-state index is 12.3. The highest BCUT2D eigenvalue weighted by Crippen LogP contribution is 2.28. The summed E-state index contributed by atoms with van der Waals surface area (Å²) in [7, 11) is 0. The van der Waals surface area contributed by atoms with Crippen LogP contribution >= 0.6 is 11.3 Å². The SMILES string of the molecule is Cc1noc(C)c1C(=O)Nc1nc(-c2cccc([N+](=O)[O-])c2)cs1. The summed E-state index contributed by atoms with van der Waals surface area (Å²) >= 11 is 1.23. The Bertz CT molecular complexity index is 912. The lowest BCUT2D eigenvalue weighted by Crippen LogP contribution is -2.13. The van der Waals surface area contributed by atoms with Crippen LogP contribution in [-0.2, 0) is 0 Å². The van der Waals surface area contributed by atoms with E-state index in [0.29, 0.717) is 33.4 Å². The minimum absolute atomic E-state index is 0.0122. The third-order valence-electron chi connectivity index (χ3n) is 3.34. The standard InChI is InChI=1S/C15H12N4O4S/c1-8-13(9(2)23-18-8)14(20)17-15-16-12(7-24-15)10-4-3-5-11(6-10)19(21)22/h3-7H,1-2H3,(H,16,17,20). The number of rotatable bonds is 4. The summed E-state index contributed by atoms with van der Waals surface area (Å²) in [5.41, 5.74) is 2.03. The first-order valence-electron chi connectivity index (χ1n) is 6.90. The predicted octanol–water partition coefficient (Wildman–Crippen LogP) is 3.58. The number of nitro benzene ring substituents is 1. The minimum atomic E-state index is -0.462. The number of non-ortho nitro benzene ring substituents is 1. The van der Waals surface area contributed by atoms with Crippen molar-refractivity contribution >= 4 is 28.1 Å². The summed E-state index contributed by atoms with van der Waals surface area (Å²) < 4.78 is 4.97. The monoisotopic (exact) mass is 344 g/mol. The summed E-state index contributed by atoms with van der Waals surface area (Å²) in [6.45, 7) is 3.34. The van der Waals surface area contributed by atoms with Crippen molar-refractivity contribution in [3.8, 4) is 11.3 Å². The number of aromatic nitrogens is 2. The van der Waals surface area contributed by atoms with E-state index in [4.69, 9.17) is 4.52 Å². The Hall–Kier alpha value is -3.07. The van der Waals surface area contributed by atoms with Crippen molar-refractivity contribution in [3.63, 3.8) is 0 Å². The van der Waals surface area contributed by atoms with Crippen molar-refractivity contribution in [1.82, 2.24) is 10.1 Å². The Morgan fingerprint density at radius 1 is 1.38 bits per heavy atom. The average Bonchev–Trinajstić information content (AvgIpc) is 3.14. The van der Waals surface area contributed by atoms with Crippen LogP contribution in [0, 0.1) is 24.0 Å². The van der Waals surface area contributed by atoms with Gasteiger partial charge in [0.2, 0.25) is 0 Å². The maximum Gasteiger partial charge on any atom is 0.270 e. The van der Waals surface area contributed by atoms with E-state index in [1.807, 2.05) is 0 Å². The molecular formula is C15H12N4O4S. The quantitative estimate of drug-likeness (QED) is 0.572. The number of carbonyl (C=O) groups is 1. The maximum absolute atomic E-state index is 12.3. The van der Waals surface area contributed by atoms with E-state index >= 15 is 0 Å². The van der Waals surface area contributed by atoms with Crippen LogP contribution in [0.4, 0.5) is 10.8 Å². The lowest BCUT2D eigenvalue weighted by molar-refractivity contribution is -0.384. The number of nitro groups is 1. The van der Waals surface area contributed by atoms with Crippen LogP contribution in [0.3, 0.4) is 0 Å². The first kappa shape index (κ1) is 15.8. The molecule has 9 heteroatoms. The highest BCUT2D eigenvalue weighted by atomic mass is 32.1. The zero-order valence-electron chi connectivity index (χ0n) is 12.8. The number of hydrogen-bond donors (Lipinski definition) is 1. The van der Waals surface area contributed by atoms with Gasteiger partial charge in [-0.2, -0.15) is 0 Å². The molecule has 0 aliphatic carbocycles. The molecule has 0 unspecified atom stereocenters. The molecule has 122 valence electrons. The number of carbonyl (C=O) groups excluding carboxylic acids is 1. The minimum Gasteiger partial charge on any atom is -0.361 e. The van der Waals surface area contributed by atoms with Gasteiger partial charge in [0, 0.05) is 23.1 Å². The predicted molar refractivity (Wildman–Crippen MR) is 88.1 cm³/mol. The lowest BCUT2D eigenvalue weighted by Gasteiger charge is -2.00. The first-order chi connectivity index (χ1) is 11.5. The van der Waals surface area contributed by atoms with Gasteiger partial charge >= 0.3 is 0 Å². The van der Waals surface area contributed by atoms with Gasteiger partial charge in [-0.3, -0.25) is 20.2 Å². The highest BCUT2D eigenvalue weighted by molar-refractivity contribution is 7.14. The second kappa shape index (κ2) is 6.20. The van der Waals surface area contributed by atoms with E-state index in [1.165, 1.54) is 23.5 Å². The summed E-state index contributed by atoms with van der Waals surface area (Å²) in [6, 6.07) is 6.17. The zero-order valence-corrected chi connectivity index (χ0v) is 13.6. The van der Waals surface area contributed by atoms with E-state index in [9.17, 15) is 14.9 Å². The van der Waals surface area contributed by atoms with Gasteiger partial charge in [-0.1, -0.05) is 17.3 Å². The molecule has 8 nitrogen and oxygen atoms in total. The van der Waals surface area contributed by atoms with Gasteiger partial charge in [-0.25, -0.2) is 4.98 Å². The molecule has 0 radical (unpaired) electrons. The normalized spacial score (nSPS) is 10.6. The zero-order chi connectivity index (χ0) is 17.3. The number of aryl methyl sites for hydroxylation is 2. The molecule has 0 fully saturated rings. The van der Waals surface area contributed by atoms with E-state index in [2.05, 4.69) is 15.5 Å². The highest BCUT2D eigenvalue weighted by Gasteiger charge is 2.19. The largest absolute Gasteiger partial charge is 0.361 e. The van der Waals surface area contributed by atoms with Crippen molar-refractivity contribution < 1.29 is 14.2 Å². The Balaban J connectivity index is 1.82. The van der Waals surface area contributed by atoms with E-state index in [0.717, 1.165) is 0 Å². The molecule has 24 heavy (non-hydrogen) atoms. The average molecular weight is 344 g/mol. The van der Waals surface area contributed by atoms with Crippen LogP contribution < -0.4 is 5.32 Å². The van der Waals surface area contributed by atoms with Gasteiger partial charge in [0.05, 0.1) is 16.3 Å². The molecule has 0 bridgehead atoms. The first-order valence-corrected chi connectivity index (χ1v) is 7.78. The molecule has 0 aliphatic rings. The molecule has 1 N–H and O–H groups in total. The molecule has 0 spiro atoms. The van der Waals surface area contributed by atoms with Crippen molar-refractivity contribution in [2.24, 2.45) is 0 Å². The van der Waals surface area contributed by atoms with Crippen LogP contribution in [0.1, 0.15) is 21.8 Å². The second-order valence-electron chi connectivity index (χ2n) is 5.00. The summed E-state index contributed by atoms with van der Waals surface area (Å²) in [5, 5.41) is 19.4. The number of nitrogens with zero attached hydrogens (tertiary/aromatic N) is 3. The number of benzene rings is 1. The van der Waals surface area contributed by atoms with Crippen LogP contribution in [-0.4, -0.2) is 21.0 Å². The van der Waals surface area contributed by atoms with Gasteiger partial charge in [-0.15, -0.1) is 11.3 Å². The van der Waals surface area contributed by atoms with Crippen LogP contribution in [0.25, 0.3) is 11.3 Å². The number of anilines is 1. The lowest BCUT2D eigenvalue weighted by atomic mass is 10.1. The second-order valence-corrected chi connectivity index (χ2v) is 5.86. The van der Waals surface area contributed by atoms with Gasteiger partial charge in [0.1, 0.15) is 11.3 Å². The molecule has 2 heterocycles. The Morgan fingerprint density at radius 2 is 2.17 bits per heavy atom. The van der Waals surface area contributed by atoms with Gasteiger partial charge in [-0.05, 0) is 13.8 Å². The molecule has 0 aliphatic heterocycles. The van der Waals surface area contributed by atoms with Crippen LogP contribution in [0.2, 0.25) is 0 Å². The third-order valence-corrected chi connectivity index (χ3v) is 4.10. The Labute approximate surface area is 140 Å². The van der Waals surface area contributed by atoms with E-state index in [-0.39, 0.29) is 11.6 Å². The smallest absolute Gasteiger partial charge is 0.270 e. The summed E-state index contributed by atoms with van der Waals surface area (Å²) in [6.07, 6.45) is 0. The molecule has 0 saturated heterocycles. The van der Waals surface area contributed by atoms with E-state index in [1.54, 1.807) is 31.4 Å². The van der Waals surface area contributed by atoms with Crippen molar-refractivity contribution in [3.05, 3.63) is 56.8 Å². The van der Waals surface area contributed by atoms with Gasteiger partial charge in [0.15, 0.2) is 5.13 Å².